The summed E-state index contributed by atoms with van der Waals surface area (Å²) >= 11 is 0. The first-order valence-corrected chi connectivity index (χ1v) is 4.27. The Morgan fingerprint density at radius 2 is 2.43 bits per heavy atom. The standard InChI is InChI=1S/C9H13N3O2/c1-6(13)4-11-8-3-2-7(5-12-8)9(10)14/h2-3,5-6,13H,4H2,1H3,(H2,10,14)(H,11,12)/t6-/m1/s1. The third kappa shape index (κ3) is 3.02. The van der Waals surface area contributed by atoms with Crippen LogP contribution >= 0.6 is 0 Å². The molecule has 0 saturated heterocycles. The first-order valence-electron chi connectivity index (χ1n) is 4.27. The highest BCUT2D eigenvalue weighted by Gasteiger charge is 2.01. The van der Waals surface area contributed by atoms with Crippen molar-refractivity contribution in [3.63, 3.8) is 0 Å². The van der Waals surface area contributed by atoms with Crippen molar-refractivity contribution in [2.75, 3.05) is 11.9 Å². The molecule has 0 fully saturated rings. The maximum Gasteiger partial charge on any atom is 0.250 e. The molecule has 14 heavy (non-hydrogen) atoms. The normalized spacial score (nSPS) is 12.1. The van der Waals surface area contributed by atoms with Gasteiger partial charge in [0.1, 0.15) is 5.82 Å². The third-order valence-corrected chi connectivity index (χ3v) is 1.63. The van der Waals surface area contributed by atoms with Gasteiger partial charge in [0.05, 0.1) is 11.7 Å². The molecule has 1 aromatic heterocycles. The minimum Gasteiger partial charge on any atom is -0.392 e. The second kappa shape index (κ2) is 4.57. The molecule has 1 rings (SSSR count). The van der Waals surface area contributed by atoms with Crippen LogP contribution in [-0.2, 0) is 0 Å². The minimum absolute atomic E-state index is 0.368. The number of nitrogens with one attached hydrogen (secondary N) is 1. The Balaban J connectivity index is 2.60. The van der Waals surface area contributed by atoms with Crippen molar-refractivity contribution in [1.82, 2.24) is 4.98 Å². The van der Waals surface area contributed by atoms with Gasteiger partial charge < -0.3 is 16.2 Å². The molecular formula is C9H13N3O2. The number of amides is 1. The van der Waals surface area contributed by atoms with Gasteiger partial charge in [-0.1, -0.05) is 0 Å². The Bertz CT molecular complexity index is 308. The second-order valence-electron chi connectivity index (χ2n) is 3.03. The van der Waals surface area contributed by atoms with Crippen LogP contribution in [0.4, 0.5) is 5.82 Å². The number of carbonyl (C=O) groups excluding carboxylic acids is 1. The predicted molar refractivity (Wildman–Crippen MR) is 52.9 cm³/mol. The fourth-order valence-electron chi connectivity index (χ4n) is 0.896. The number of carbonyl (C=O) groups is 1. The molecule has 1 aromatic rings. The zero-order chi connectivity index (χ0) is 10.6. The van der Waals surface area contributed by atoms with Gasteiger partial charge in [0.15, 0.2) is 0 Å². The van der Waals surface area contributed by atoms with E-state index in [0.29, 0.717) is 17.9 Å². The number of hydrogen-bond acceptors (Lipinski definition) is 4. The number of aromatic nitrogens is 1. The summed E-state index contributed by atoms with van der Waals surface area (Å²) in [6.07, 6.45) is 0.958. The van der Waals surface area contributed by atoms with Crippen LogP contribution in [0.15, 0.2) is 18.3 Å². The summed E-state index contributed by atoms with van der Waals surface area (Å²) in [5, 5.41) is 11.9. The number of hydrogen-bond donors (Lipinski definition) is 3. The first-order chi connectivity index (χ1) is 6.59. The van der Waals surface area contributed by atoms with E-state index in [1.165, 1.54) is 6.20 Å². The van der Waals surface area contributed by atoms with E-state index in [4.69, 9.17) is 10.8 Å². The van der Waals surface area contributed by atoms with Gasteiger partial charge in [-0.25, -0.2) is 4.98 Å². The predicted octanol–water partition coefficient (Wildman–Crippen LogP) is -0.0268. The quantitative estimate of drug-likeness (QED) is 0.629. The van der Waals surface area contributed by atoms with Crippen LogP contribution in [-0.4, -0.2) is 28.6 Å². The van der Waals surface area contributed by atoms with Gasteiger partial charge in [-0.2, -0.15) is 0 Å². The van der Waals surface area contributed by atoms with Crippen LogP contribution < -0.4 is 11.1 Å². The number of aliphatic hydroxyl groups is 1. The van der Waals surface area contributed by atoms with Crippen molar-refractivity contribution in [2.45, 2.75) is 13.0 Å². The average Bonchev–Trinajstić information content (AvgIpc) is 2.15. The van der Waals surface area contributed by atoms with Crippen LogP contribution in [0.1, 0.15) is 17.3 Å². The van der Waals surface area contributed by atoms with E-state index in [0.717, 1.165) is 0 Å². The van der Waals surface area contributed by atoms with Crippen LogP contribution in [0.2, 0.25) is 0 Å². The lowest BCUT2D eigenvalue weighted by Crippen LogP contribution is -2.16. The van der Waals surface area contributed by atoms with Gasteiger partial charge in [0.2, 0.25) is 5.91 Å². The molecule has 0 aliphatic rings. The molecule has 0 aromatic carbocycles. The summed E-state index contributed by atoms with van der Waals surface area (Å²) < 4.78 is 0. The van der Waals surface area contributed by atoms with E-state index in [-0.39, 0.29) is 0 Å². The fourth-order valence-corrected chi connectivity index (χ4v) is 0.896. The van der Waals surface area contributed by atoms with E-state index < -0.39 is 12.0 Å². The van der Waals surface area contributed by atoms with Crippen molar-refractivity contribution in [3.8, 4) is 0 Å². The lowest BCUT2D eigenvalue weighted by atomic mass is 10.3. The number of aliphatic hydroxyl groups excluding tert-OH is 1. The molecule has 0 radical (unpaired) electrons. The maximum absolute atomic E-state index is 10.7. The fraction of sp³-hybridized carbons (Fsp3) is 0.333. The first kappa shape index (κ1) is 10.5. The van der Waals surface area contributed by atoms with E-state index in [9.17, 15) is 4.79 Å². The molecule has 0 spiro atoms. The Hall–Kier alpha value is -1.62. The summed E-state index contributed by atoms with van der Waals surface area (Å²) in [5.74, 6) is 0.107. The van der Waals surface area contributed by atoms with Gasteiger partial charge in [0, 0.05) is 12.7 Å². The molecule has 5 nitrogen and oxygen atoms in total. The van der Waals surface area contributed by atoms with E-state index in [1.54, 1.807) is 19.1 Å². The van der Waals surface area contributed by atoms with Gasteiger partial charge in [-0.15, -0.1) is 0 Å². The summed E-state index contributed by atoms with van der Waals surface area (Å²) in [4.78, 5) is 14.6. The van der Waals surface area contributed by atoms with Crippen LogP contribution in [0.25, 0.3) is 0 Å². The lowest BCUT2D eigenvalue weighted by molar-refractivity contribution is 0.1000. The molecule has 0 aliphatic carbocycles. The van der Waals surface area contributed by atoms with Gasteiger partial charge in [-0.05, 0) is 19.1 Å². The Morgan fingerprint density at radius 1 is 1.71 bits per heavy atom. The number of rotatable bonds is 4. The Labute approximate surface area is 82.0 Å². The van der Waals surface area contributed by atoms with E-state index in [1.807, 2.05) is 0 Å². The van der Waals surface area contributed by atoms with Crippen molar-refractivity contribution in [1.29, 1.82) is 0 Å². The molecule has 1 heterocycles. The van der Waals surface area contributed by atoms with Gasteiger partial charge in [-0.3, -0.25) is 4.79 Å². The van der Waals surface area contributed by atoms with Gasteiger partial charge >= 0.3 is 0 Å². The molecule has 0 aliphatic heterocycles. The number of primary amides is 1. The zero-order valence-corrected chi connectivity index (χ0v) is 7.90. The molecule has 1 atom stereocenters. The zero-order valence-electron chi connectivity index (χ0n) is 7.90. The number of anilines is 1. The summed E-state index contributed by atoms with van der Waals surface area (Å²) in [7, 11) is 0. The topological polar surface area (TPSA) is 88.2 Å². The average molecular weight is 195 g/mol. The number of nitrogens with zero attached hydrogens (tertiary/aromatic N) is 1. The van der Waals surface area contributed by atoms with Crippen LogP contribution in [0, 0.1) is 0 Å². The molecule has 0 bridgehead atoms. The summed E-state index contributed by atoms with van der Waals surface area (Å²) in [5.41, 5.74) is 5.41. The van der Waals surface area contributed by atoms with E-state index >= 15 is 0 Å². The third-order valence-electron chi connectivity index (χ3n) is 1.63. The van der Waals surface area contributed by atoms with Crippen molar-refractivity contribution >= 4 is 11.7 Å². The van der Waals surface area contributed by atoms with Crippen molar-refractivity contribution < 1.29 is 9.90 Å². The second-order valence-corrected chi connectivity index (χ2v) is 3.03. The monoisotopic (exact) mass is 195 g/mol. The number of nitrogens with two attached hydrogens (primary N) is 1. The maximum atomic E-state index is 10.7. The molecule has 4 N–H and O–H groups in total. The molecular weight excluding hydrogens is 182 g/mol. The molecule has 1 amide bonds. The highest BCUT2D eigenvalue weighted by atomic mass is 16.3. The highest BCUT2D eigenvalue weighted by molar-refractivity contribution is 5.92. The smallest absolute Gasteiger partial charge is 0.250 e. The molecule has 0 saturated carbocycles. The molecule has 76 valence electrons. The highest BCUT2D eigenvalue weighted by Crippen LogP contribution is 2.04. The summed E-state index contributed by atoms with van der Waals surface area (Å²) in [6, 6.07) is 3.22. The Morgan fingerprint density at radius 3 is 2.86 bits per heavy atom. The lowest BCUT2D eigenvalue weighted by Gasteiger charge is -2.07. The summed E-state index contributed by atoms with van der Waals surface area (Å²) in [6.45, 7) is 2.09. The SMILES string of the molecule is C[C@@H](O)CNc1ccc(C(N)=O)cn1. The molecule has 0 unspecified atom stereocenters. The van der Waals surface area contributed by atoms with Gasteiger partial charge in [0.25, 0.3) is 0 Å². The minimum atomic E-state index is -0.500. The van der Waals surface area contributed by atoms with Crippen LogP contribution in [0.5, 0.6) is 0 Å². The largest absolute Gasteiger partial charge is 0.392 e. The Kier molecular flexibility index (Phi) is 3.41. The van der Waals surface area contributed by atoms with E-state index in [2.05, 4.69) is 10.3 Å². The van der Waals surface area contributed by atoms with Crippen molar-refractivity contribution in [2.24, 2.45) is 5.73 Å². The van der Waals surface area contributed by atoms with Crippen LogP contribution in [0.3, 0.4) is 0 Å². The van der Waals surface area contributed by atoms with Crippen molar-refractivity contribution in [3.05, 3.63) is 23.9 Å². The molecule has 5 heteroatoms. The number of pyridine rings is 1.